The highest BCUT2D eigenvalue weighted by Gasteiger charge is 2.23. The van der Waals surface area contributed by atoms with Crippen molar-refractivity contribution in [2.24, 2.45) is 4.99 Å². The summed E-state index contributed by atoms with van der Waals surface area (Å²) in [5.74, 6) is 0.730. The van der Waals surface area contributed by atoms with Gasteiger partial charge in [-0.1, -0.05) is 43.7 Å². The number of ether oxygens (including phenoxy) is 1. The number of carbonyl (C=O) groups excluding carboxylic acids is 1. The first-order chi connectivity index (χ1) is 12.2. The second kappa shape index (κ2) is 8.53. The van der Waals surface area contributed by atoms with Crippen LogP contribution in [-0.4, -0.2) is 17.7 Å². The molecule has 128 valence electrons. The summed E-state index contributed by atoms with van der Waals surface area (Å²) in [5.41, 5.74) is 1.78. The van der Waals surface area contributed by atoms with E-state index in [-0.39, 0.29) is 5.91 Å². The lowest BCUT2D eigenvalue weighted by Crippen LogP contribution is -2.19. The summed E-state index contributed by atoms with van der Waals surface area (Å²) in [5, 5.41) is 3.40. The third kappa shape index (κ3) is 4.97. The van der Waals surface area contributed by atoms with Gasteiger partial charge in [-0.3, -0.25) is 4.79 Å². The number of amidine groups is 1. The fraction of sp³-hybridized carbons (Fsp3) is 0.200. The molecule has 0 saturated carbocycles. The minimum absolute atomic E-state index is 0.122. The van der Waals surface area contributed by atoms with Crippen LogP contribution in [0.3, 0.4) is 0 Å². The predicted octanol–water partition coefficient (Wildman–Crippen LogP) is 4.76. The molecular formula is C20H20N2O2S. The standard InChI is InChI=1S/C20H20N2O2S/c1-2-3-13-24-17-11-9-15(10-12-17)14-18-19(23)22-20(25-18)21-16-7-5-4-6-8-16/h4-12,14H,2-3,13H2,1H3,(H,21,22,23)/b18-14+. The van der Waals surface area contributed by atoms with Gasteiger partial charge in [-0.2, -0.15) is 0 Å². The molecule has 0 radical (unpaired) electrons. The average molecular weight is 352 g/mol. The summed E-state index contributed by atoms with van der Waals surface area (Å²) in [6.45, 7) is 2.87. The van der Waals surface area contributed by atoms with Crippen LogP contribution in [-0.2, 0) is 4.79 Å². The van der Waals surface area contributed by atoms with Crippen molar-refractivity contribution < 1.29 is 9.53 Å². The Labute approximate surface area is 152 Å². The highest BCUT2D eigenvalue weighted by Crippen LogP contribution is 2.28. The molecule has 1 amide bonds. The summed E-state index contributed by atoms with van der Waals surface area (Å²) in [6.07, 6.45) is 4.03. The van der Waals surface area contributed by atoms with E-state index >= 15 is 0 Å². The number of aliphatic imine (C=N–C) groups is 1. The van der Waals surface area contributed by atoms with Crippen LogP contribution in [0.15, 0.2) is 64.5 Å². The molecule has 1 saturated heterocycles. The first-order valence-electron chi connectivity index (χ1n) is 8.32. The summed E-state index contributed by atoms with van der Waals surface area (Å²) in [7, 11) is 0. The van der Waals surface area contributed by atoms with Crippen LogP contribution < -0.4 is 10.1 Å². The number of amides is 1. The van der Waals surface area contributed by atoms with E-state index < -0.39 is 0 Å². The molecule has 0 spiro atoms. The molecule has 4 nitrogen and oxygen atoms in total. The molecule has 1 heterocycles. The van der Waals surface area contributed by atoms with Gasteiger partial charge in [-0.25, -0.2) is 4.99 Å². The van der Waals surface area contributed by atoms with Crippen molar-refractivity contribution in [3.05, 3.63) is 65.1 Å². The maximum Gasteiger partial charge on any atom is 0.264 e. The van der Waals surface area contributed by atoms with E-state index in [0.717, 1.165) is 36.4 Å². The molecule has 2 aromatic rings. The van der Waals surface area contributed by atoms with Gasteiger partial charge in [0.25, 0.3) is 5.91 Å². The van der Waals surface area contributed by atoms with E-state index in [4.69, 9.17) is 4.74 Å². The molecule has 0 aromatic heterocycles. The van der Waals surface area contributed by atoms with Crippen LogP contribution in [0.25, 0.3) is 6.08 Å². The number of hydrogen-bond donors (Lipinski definition) is 1. The van der Waals surface area contributed by atoms with Crippen molar-refractivity contribution in [2.75, 3.05) is 6.61 Å². The van der Waals surface area contributed by atoms with Crippen LogP contribution in [0.4, 0.5) is 5.69 Å². The molecule has 3 rings (SSSR count). The van der Waals surface area contributed by atoms with Crippen LogP contribution in [0.5, 0.6) is 5.75 Å². The Balaban J connectivity index is 1.67. The van der Waals surface area contributed by atoms with Crippen molar-refractivity contribution >= 4 is 34.6 Å². The third-order valence-corrected chi connectivity index (χ3v) is 4.49. The van der Waals surface area contributed by atoms with Crippen molar-refractivity contribution in [1.29, 1.82) is 0 Å². The molecule has 1 N–H and O–H groups in total. The van der Waals surface area contributed by atoms with Crippen LogP contribution in [0, 0.1) is 0 Å². The Morgan fingerprint density at radius 2 is 1.88 bits per heavy atom. The fourth-order valence-corrected chi connectivity index (χ4v) is 3.09. The Morgan fingerprint density at radius 1 is 1.12 bits per heavy atom. The number of para-hydroxylation sites is 1. The van der Waals surface area contributed by atoms with E-state index in [0.29, 0.717) is 10.1 Å². The number of rotatable bonds is 6. The number of carbonyl (C=O) groups is 1. The van der Waals surface area contributed by atoms with Crippen molar-refractivity contribution in [3.63, 3.8) is 0 Å². The van der Waals surface area contributed by atoms with Gasteiger partial charge in [0.15, 0.2) is 5.17 Å². The van der Waals surface area contributed by atoms with Gasteiger partial charge >= 0.3 is 0 Å². The van der Waals surface area contributed by atoms with E-state index in [9.17, 15) is 4.79 Å². The Bertz CT molecular complexity index is 783. The molecule has 25 heavy (non-hydrogen) atoms. The lowest BCUT2D eigenvalue weighted by molar-refractivity contribution is -0.115. The van der Waals surface area contributed by atoms with Crippen molar-refractivity contribution in [3.8, 4) is 5.75 Å². The number of nitrogens with zero attached hydrogens (tertiary/aromatic N) is 1. The number of nitrogens with one attached hydrogen (secondary N) is 1. The van der Waals surface area contributed by atoms with Crippen LogP contribution in [0.2, 0.25) is 0 Å². The zero-order valence-electron chi connectivity index (χ0n) is 14.1. The second-order valence-corrected chi connectivity index (χ2v) is 6.62. The fourth-order valence-electron chi connectivity index (χ4n) is 2.25. The zero-order chi connectivity index (χ0) is 17.5. The summed E-state index contributed by atoms with van der Waals surface area (Å²) in [4.78, 5) is 17.2. The Kier molecular flexibility index (Phi) is 5.90. The van der Waals surface area contributed by atoms with Crippen molar-refractivity contribution in [2.45, 2.75) is 19.8 Å². The highest BCUT2D eigenvalue weighted by atomic mass is 32.2. The number of benzene rings is 2. The minimum Gasteiger partial charge on any atom is -0.494 e. The molecule has 0 bridgehead atoms. The van der Waals surface area contributed by atoms with Crippen molar-refractivity contribution in [1.82, 2.24) is 5.32 Å². The van der Waals surface area contributed by atoms with Crippen LogP contribution >= 0.6 is 11.8 Å². The zero-order valence-corrected chi connectivity index (χ0v) is 14.9. The SMILES string of the molecule is CCCCOc1ccc(/C=C2/SC(=Nc3ccccc3)NC2=O)cc1. The van der Waals surface area contributed by atoms with E-state index in [1.165, 1.54) is 11.8 Å². The molecule has 2 aromatic carbocycles. The molecule has 1 aliphatic heterocycles. The summed E-state index contributed by atoms with van der Waals surface area (Å²) < 4.78 is 5.65. The smallest absolute Gasteiger partial charge is 0.264 e. The quantitative estimate of drug-likeness (QED) is 0.602. The summed E-state index contributed by atoms with van der Waals surface area (Å²) in [6, 6.07) is 17.3. The lowest BCUT2D eigenvalue weighted by Gasteiger charge is -2.05. The number of thioether (sulfide) groups is 1. The summed E-state index contributed by atoms with van der Waals surface area (Å²) >= 11 is 1.35. The van der Waals surface area contributed by atoms with Gasteiger partial charge in [0.1, 0.15) is 5.75 Å². The number of unbranched alkanes of at least 4 members (excludes halogenated alkanes) is 1. The van der Waals surface area contributed by atoms with Gasteiger partial charge in [0.05, 0.1) is 17.2 Å². The predicted molar refractivity (Wildman–Crippen MR) is 104 cm³/mol. The van der Waals surface area contributed by atoms with E-state index in [1.807, 2.05) is 60.7 Å². The topological polar surface area (TPSA) is 50.7 Å². The van der Waals surface area contributed by atoms with E-state index in [1.54, 1.807) is 0 Å². The highest BCUT2D eigenvalue weighted by molar-refractivity contribution is 8.18. The van der Waals surface area contributed by atoms with Gasteiger partial charge in [-0.15, -0.1) is 0 Å². The molecule has 0 atom stereocenters. The molecule has 1 fully saturated rings. The first kappa shape index (κ1) is 17.3. The third-order valence-electron chi connectivity index (χ3n) is 3.58. The molecular weight excluding hydrogens is 332 g/mol. The minimum atomic E-state index is -0.122. The second-order valence-electron chi connectivity index (χ2n) is 5.59. The lowest BCUT2D eigenvalue weighted by atomic mass is 10.2. The maximum absolute atomic E-state index is 12.1. The van der Waals surface area contributed by atoms with Gasteiger partial charge < -0.3 is 10.1 Å². The monoisotopic (exact) mass is 352 g/mol. The molecule has 1 aliphatic rings. The number of hydrogen-bond acceptors (Lipinski definition) is 4. The molecule has 5 heteroatoms. The largest absolute Gasteiger partial charge is 0.494 e. The normalized spacial score (nSPS) is 17.1. The Morgan fingerprint density at radius 3 is 2.60 bits per heavy atom. The molecule has 0 aliphatic carbocycles. The maximum atomic E-state index is 12.1. The van der Waals surface area contributed by atoms with E-state index in [2.05, 4.69) is 17.2 Å². The van der Waals surface area contributed by atoms with Gasteiger partial charge in [0.2, 0.25) is 0 Å². The Hall–Kier alpha value is -2.53. The molecule has 0 unspecified atom stereocenters. The van der Waals surface area contributed by atoms with Gasteiger partial charge in [-0.05, 0) is 54.1 Å². The average Bonchev–Trinajstić information content (AvgIpc) is 2.96. The van der Waals surface area contributed by atoms with Crippen LogP contribution in [0.1, 0.15) is 25.3 Å². The first-order valence-corrected chi connectivity index (χ1v) is 9.14. The van der Waals surface area contributed by atoms with Gasteiger partial charge in [0, 0.05) is 0 Å².